The summed E-state index contributed by atoms with van der Waals surface area (Å²) in [5, 5.41) is 6.37. The van der Waals surface area contributed by atoms with Crippen LogP contribution in [-0.4, -0.2) is 103 Å². The third-order valence-electron chi connectivity index (χ3n) is 5.19. The Morgan fingerprint density at radius 3 is 1.97 bits per heavy atom. The molecular formula is C26H40N4O8S. The minimum absolute atomic E-state index is 0.204. The van der Waals surface area contributed by atoms with Gasteiger partial charge in [0.1, 0.15) is 0 Å². The maximum atomic E-state index is 12.7. The van der Waals surface area contributed by atoms with E-state index in [1.807, 2.05) is 19.1 Å². The Morgan fingerprint density at radius 2 is 1.44 bits per heavy atom. The second kappa shape index (κ2) is 19.4. The SMILES string of the molecule is COC(=O)c1nc(NC(=O)c2ccc(NCCOCCOCCOCCOCCOCCN)cc2C)sc1C. The lowest BCUT2D eigenvalue weighted by atomic mass is 10.1. The highest BCUT2D eigenvalue weighted by molar-refractivity contribution is 7.16. The summed E-state index contributed by atoms with van der Waals surface area (Å²) < 4.78 is 31.8. The van der Waals surface area contributed by atoms with Crippen LogP contribution in [0.3, 0.4) is 0 Å². The predicted molar refractivity (Wildman–Crippen MR) is 149 cm³/mol. The molecule has 218 valence electrons. The van der Waals surface area contributed by atoms with Gasteiger partial charge in [-0.05, 0) is 37.6 Å². The van der Waals surface area contributed by atoms with Gasteiger partial charge in [-0.1, -0.05) is 0 Å². The largest absolute Gasteiger partial charge is 0.464 e. The van der Waals surface area contributed by atoms with Crippen molar-refractivity contribution in [2.75, 3.05) is 96.9 Å². The number of thiazole rings is 1. The Morgan fingerprint density at radius 1 is 0.872 bits per heavy atom. The number of esters is 1. The van der Waals surface area contributed by atoms with Gasteiger partial charge in [0.2, 0.25) is 0 Å². The highest BCUT2D eigenvalue weighted by Gasteiger charge is 2.18. The van der Waals surface area contributed by atoms with E-state index in [1.54, 1.807) is 13.0 Å². The predicted octanol–water partition coefficient (Wildman–Crippen LogP) is 2.25. The van der Waals surface area contributed by atoms with Crippen LogP contribution in [0.2, 0.25) is 0 Å². The number of methoxy groups -OCH3 is 1. The third-order valence-corrected chi connectivity index (χ3v) is 6.08. The number of anilines is 2. The number of aromatic nitrogens is 1. The lowest BCUT2D eigenvalue weighted by molar-refractivity contribution is -0.00985. The lowest BCUT2D eigenvalue weighted by Crippen LogP contribution is -2.16. The quantitative estimate of drug-likeness (QED) is 0.150. The molecule has 0 saturated carbocycles. The molecule has 1 aromatic carbocycles. The van der Waals surface area contributed by atoms with Crippen LogP contribution < -0.4 is 16.4 Å². The van der Waals surface area contributed by atoms with Gasteiger partial charge in [0.05, 0.1) is 73.2 Å². The van der Waals surface area contributed by atoms with Crippen molar-refractivity contribution in [2.24, 2.45) is 5.73 Å². The molecule has 0 radical (unpaired) electrons. The molecule has 2 rings (SSSR count). The molecule has 2 aromatic rings. The molecule has 12 nitrogen and oxygen atoms in total. The first-order valence-electron chi connectivity index (χ1n) is 12.8. The number of carbonyl (C=O) groups is 2. The summed E-state index contributed by atoms with van der Waals surface area (Å²) in [6.07, 6.45) is 0. The Bertz CT molecular complexity index is 1000. The molecule has 0 atom stereocenters. The number of rotatable bonds is 21. The fourth-order valence-corrected chi connectivity index (χ4v) is 4.06. The van der Waals surface area contributed by atoms with E-state index >= 15 is 0 Å². The number of nitrogens with two attached hydrogens (primary N) is 1. The Balaban J connectivity index is 1.53. The van der Waals surface area contributed by atoms with Gasteiger partial charge in [-0.2, -0.15) is 0 Å². The molecule has 1 amide bonds. The van der Waals surface area contributed by atoms with Crippen LogP contribution >= 0.6 is 11.3 Å². The molecule has 0 aliphatic heterocycles. The summed E-state index contributed by atoms with van der Waals surface area (Å²) in [6.45, 7) is 9.86. The number of ether oxygens (including phenoxy) is 6. The van der Waals surface area contributed by atoms with E-state index in [0.717, 1.165) is 11.3 Å². The smallest absolute Gasteiger partial charge is 0.357 e. The minimum atomic E-state index is -0.531. The first-order chi connectivity index (χ1) is 19.0. The number of aryl methyl sites for hydroxylation is 2. The number of hydrogen-bond donors (Lipinski definition) is 3. The van der Waals surface area contributed by atoms with Crippen molar-refractivity contribution in [2.45, 2.75) is 13.8 Å². The van der Waals surface area contributed by atoms with Gasteiger partial charge in [-0.25, -0.2) is 9.78 Å². The van der Waals surface area contributed by atoms with Crippen LogP contribution in [-0.2, 0) is 28.4 Å². The van der Waals surface area contributed by atoms with Gasteiger partial charge < -0.3 is 39.5 Å². The van der Waals surface area contributed by atoms with E-state index in [4.69, 9.17) is 34.2 Å². The molecule has 0 aliphatic rings. The Kier molecular flexibility index (Phi) is 16.2. The first-order valence-corrected chi connectivity index (χ1v) is 13.6. The van der Waals surface area contributed by atoms with Crippen molar-refractivity contribution in [1.82, 2.24) is 4.98 Å². The normalized spacial score (nSPS) is 11.0. The van der Waals surface area contributed by atoms with Crippen molar-refractivity contribution in [3.8, 4) is 0 Å². The van der Waals surface area contributed by atoms with Gasteiger partial charge in [0.25, 0.3) is 5.91 Å². The fourth-order valence-electron chi connectivity index (χ4n) is 3.26. The number of carbonyl (C=O) groups excluding carboxylic acids is 2. The minimum Gasteiger partial charge on any atom is -0.464 e. The second-order valence-electron chi connectivity index (χ2n) is 8.18. The standard InChI is InChI=1S/C26H40N4O8S/c1-19-18-21(4-5-22(19)24(31)30-26-29-23(20(2)39-26)25(32)33-3)28-7-9-35-11-13-37-15-17-38-16-14-36-12-10-34-8-6-27/h4-5,18,28H,6-17,27H2,1-3H3,(H,29,30,31). The average molecular weight is 569 g/mol. The van der Waals surface area contributed by atoms with E-state index in [0.29, 0.717) is 94.7 Å². The zero-order chi connectivity index (χ0) is 28.3. The van der Waals surface area contributed by atoms with Crippen molar-refractivity contribution >= 4 is 34.0 Å². The average Bonchev–Trinajstić information content (AvgIpc) is 3.29. The molecule has 0 unspecified atom stereocenters. The number of benzene rings is 1. The zero-order valence-corrected chi connectivity index (χ0v) is 23.7. The van der Waals surface area contributed by atoms with Gasteiger partial charge >= 0.3 is 5.97 Å². The van der Waals surface area contributed by atoms with Crippen LogP contribution in [0.25, 0.3) is 0 Å². The van der Waals surface area contributed by atoms with Gasteiger partial charge in [0.15, 0.2) is 10.8 Å². The molecule has 0 bridgehead atoms. The molecule has 0 fully saturated rings. The summed E-state index contributed by atoms with van der Waals surface area (Å²) in [7, 11) is 1.29. The van der Waals surface area contributed by atoms with E-state index in [2.05, 4.69) is 15.6 Å². The second-order valence-corrected chi connectivity index (χ2v) is 9.38. The Hall–Kier alpha value is -2.65. The fraction of sp³-hybridized carbons (Fsp3) is 0.577. The molecule has 1 aromatic heterocycles. The van der Waals surface area contributed by atoms with Crippen LogP contribution in [0, 0.1) is 13.8 Å². The topological polar surface area (TPSA) is 152 Å². The van der Waals surface area contributed by atoms with E-state index in [1.165, 1.54) is 18.4 Å². The van der Waals surface area contributed by atoms with Crippen molar-refractivity contribution in [3.63, 3.8) is 0 Å². The van der Waals surface area contributed by atoms with Crippen LogP contribution in [0.4, 0.5) is 10.8 Å². The van der Waals surface area contributed by atoms with Crippen molar-refractivity contribution in [1.29, 1.82) is 0 Å². The van der Waals surface area contributed by atoms with Crippen LogP contribution in [0.5, 0.6) is 0 Å². The van der Waals surface area contributed by atoms with E-state index < -0.39 is 5.97 Å². The van der Waals surface area contributed by atoms with Gasteiger partial charge in [0, 0.05) is 29.2 Å². The monoisotopic (exact) mass is 568 g/mol. The Labute approximate surface area is 233 Å². The van der Waals surface area contributed by atoms with Crippen molar-refractivity contribution < 1.29 is 38.0 Å². The maximum Gasteiger partial charge on any atom is 0.357 e. The van der Waals surface area contributed by atoms with Gasteiger partial charge in [-0.15, -0.1) is 11.3 Å². The summed E-state index contributed by atoms with van der Waals surface area (Å²) in [6, 6.07) is 5.47. The molecule has 13 heteroatoms. The van der Waals surface area contributed by atoms with E-state index in [-0.39, 0.29) is 11.6 Å². The van der Waals surface area contributed by atoms with Crippen molar-refractivity contribution in [3.05, 3.63) is 39.9 Å². The number of hydrogen-bond acceptors (Lipinski definition) is 12. The number of nitrogens with zero attached hydrogens (tertiary/aromatic N) is 1. The zero-order valence-electron chi connectivity index (χ0n) is 22.9. The maximum absolute atomic E-state index is 12.7. The van der Waals surface area contributed by atoms with Crippen LogP contribution in [0.1, 0.15) is 31.3 Å². The summed E-state index contributed by atoms with van der Waals surface area (Å²) >= 11 is 1.22. The summed E-state index contributed by atoms with van der Waals surface area (Å²) in [5.74, 6) is -0.827. The lowest BCUT2D eigenvalue weighted by Gasteiger charge is -2.11. The molecule has 0 saturated heterocycles. The molecule has 1 heterocycles. The number of amides is 1. The number of nitrogens with one attached hydrogen (secondary N) is 2. The third kappa shape index (κ3) is 12.8. The molecular weight excluding hydrogens is 528 g/mol. The molecule has 39 heavy (non-hydrogen) atoms. The highest BCUT2D eigenvalue weighted by Crippen LogP contribution is 2.24. The molecule has 0 spiro atoms. The van der Waals surface area contributed by atoms with E-state index in [9.17, 15) is 9.59 Å². The van der Waals surface area contributed by atoms with Crippen LogP contribution in [0.15, 0.2) is 18.2 Å². The first kappa shape index (κ1) is 32.6. The van der Waals surface area contributed by atoms with Gasteiger partial charge in [-0.3, -0.25) is 10.1 Å². The summed E-state index contributed by atoms with van der Waals surface area (Å²) in [5.41, 5.74) is 7.74. The summed E-state index contributed by atoms with van der Waals surface area (Å²) in [4.78, 5) is 29.3. The molecule has 0 aliphatic carbocycles. The highest BCUT2D eigenvalue weighted by atomic mass is 32.1. The molecule has 4 N–H and O–H groups in total.